The lowest BCUT2D eigenvalue weighted by atomic mass is 9.99. The van der Waals surface area contributed by atoms with E-state index in [1.165, 1.54) is 36.1 Å². The van der Waals surface area contributed by atoms with Crippen LogP contribution >= 0.6 is 23.7 Å². The molecule has 5 heteroatoms. The van der Waals surface area contributed by atoms with Gasteiger partial charge in [0, 0.05) is 17.5 Å². The number of thiophene rings is 1. The molecule has 1 aliphatic carbocycles. The summed E-state index contributed by atoms with van der Waals surface area (Å²) in [5.74, 6) is 0.114. The smallest absolute Gasteiger partial charge is 0.261 e. The van der Waals surface area contributed by atoms with Crippen LogP contribution in [0.4, 0.5) is 0 Å². The number of fused-ring (bicyclic) bond motifs is 1. The second-order valence-electron chi connectivity index (χ2n) is 5.27. The largest absolute Gasteiger partial charge is 0.350 e. The monoisotopic (exact) mass is 300 g/mol. The van der Waals surface area contributed by atoms with E-state index in [2.05, 4.69) is 16.7 Å². The van der Waals surface area contributed by atoms with Gasteiger partial charge in [0.05, 0.1) is 4.88 Å². The maximum absolute atomic E-state index is 12.1. The van der Waals surface area contributed by atoms with E-state index in [0.29, 0.717) is 6.04 Å². The van der Waals surface area contributed by atoms with Crippen LogP contribution in [0.25, 0.3) is 0 Å². The topological polar surface area (TPSA) is 41.1 Å². The van der Waals surface area contributed by atoms with Gasteiger partial charge in [0.2, 0.25) is 0 Å². The Balaban J connectivity index is 0.00000133. The number of amides is 1. The predicted molar refractivity (Wildman–Crippen MR) is 81.6 cm³/mol. The molecule has 2 N–H and O–H groups in total. The lowest BCUT2D eigenvalue weighted by Gasteiger charge is -2.10. The first kappa shape index (κ1) is 14.8. The molecule has 106 valence electrons. The van der Waals surface area contributed by atoms with Crippen molar-refractivity contribution in [3.63, 3.8) is 0 Å². The van der Waals surface area contributed by atoms with Gasteiger partial charge < -0.3 is 10.6 Å². The Hall–Kier alpha value is -0.580. The summed E-state index contributed by atoms with van der Waals surface area (Å²) in [4.78, 5) is 14.4. The molecule has 1 amide bonds. The Labute approximate surface area is 124 Å². The molecular weight excluding hydrogens is 280 g/mol. The summed E-state index contributed by atoms with van der Waals surface area (Å²) in [6.07, 6.45) is 7.28. The summed E-state index contributed by atoms with van der Waals surface area (Å²) in [5, 5.41) is 6.46. The summed E-state index contributed by atoms with van der Waals surface area (Å²) in [5.41, 5.74) is 1.41. The number of nitrogens with one attached hydrogen (secondary N) is 2. The fourth-order valence-electron chi connectivity index (χ4n) is 2.84. The number of carbonyl (C=O) groups is 1. The van der Waals surface area contributed by atoms with Crippen LogP contribution in [0, 0.1) is 0 Å². The van der Waals surface area contributed by atoms with E-state index in [4.69, 9.17) is 0 Å². The second-order valence-corrected chi connectivity index (χ2v) is 6.41. The molecule has 1 fully saturated rings. The quantitative estimate of drug-likeness (QED) is 0.901. The van der Waals surface area contributed by atoms with E-state index >= 15 is 0 Å². The summed E-state index contributed by atoms with van der Waals surface area (Å²) >= 11 is 1.69. The molecule has 0 bridgehead atoms. The van der Waals surface area contributed by atoms with Crippen LogP contribution in [0.3, 0.4) is 0 Å². The average Bonchev–Trinajstić information content (AvgIpc) is 3.04. The van der Waals surface area contributed by atoms with Gasteiger partial charge in [-0.3, -0.25) is 4.79 Å². The second kappa shape index (κ2) is 6.73. The molecule has 3 rings (SSSR count). The van der Waals surface area contributed by atoms with Crippen LogP contribution in [-0.4, -0.2) is 25.0 Å². The first-order valence-electron chi connectivity index (χ1n) is 6.96. The molecule has 0 radical (unpaired) electrons. The van der Waals surface area contributed by atoms with Crippen LogP contribution in [0.15, 0.2) is 6.07 Å². The highest BCUT2D eigenvalue weighted by Gasteiger charge is 2.19. The Kier molecular flexibility index (Phi) is 5.25. The van der Waals surface area contributed by atoms with E-state index < -0.39 is 0 Å². The molecule has 2 heterocycles. The molecule has 0 aromatic carbocycles. The third-order valence-electron chi connectivity index (χ3n) is 3.89. The van der Waals surface area contributed by atoms with Crippen molar-refractivity contribution in [2.45, 2.75) is 44.6 Å². The molecule has 0 saturated carbocycles. The van der Waals surface area contributed by atoms with Gasteiger partial charge in [0.25, 0.3) is 5.91 Å². The van der Waals surface area contributed by atoms with Crippen molar-refractivity contribution in [2.75, 3.05) is 13.1 Å². The van der Waals surface area contributed by atoms with Crippen molar-refractivity contribution >= 4 is 29.7 Å². The van der Waals surface area contributed by atoms with Crippen LogP contribution < -0.4 is 10.6 Å². The highest BCUT2D eigenvalue weighted by Crippen LogP contribution is 2.29. The highest BCUT2D eigenvalue weighted by atomic mass is 35.5. The normalized spacial score (nSPS) is 21.6. The number of halogens is 1. The lowest BCUT2D eigenvalue weighted by Crippen LogP contribution is -2.36. The maximum atomic E-state index is 12.1. The van der Waals surface area contributed by atoms with Crippen molar-refractivity contribution in [1.29, 1.82) is 0 Å². The maximum Gasteiger partial charge on any atom is 0.261 e. The third-order valence-corrected chi connectivity index (χ3v) is 5.13. The molecule has 2 aliphatic rings. The van der Waals surface area contributed by atoms with E-state index in [9.17, 15) is 4.79 Å². The van der Waals surface area contributed by atoms with Gasteiger partial charge in [-0.2, -0.15) is 0 Å². The standard InChI is InChI=1S/C14H20N2OS.ClH/c17-14(16-9-11-5-3-7-15-11)13-8-10-4-1-2-6-12(10)18-13;/h8,11,15H,1-7,9H2,(H,16,17);1H. The van der Waals surface area contributed by atoms with Crippen molar-refractivity contribution in [2.24, 2.45) is 0 Å². The molecule has 1 unspecified atom stereocenters. The Bertz CT molecular complexity index is 417. The summed E-state index contributed by atoms with van der Waals surface area (Å²) < 4.78 is 0. The fourth-order valence-corrected chi connectivity index (χ4v) is 4.01. The molecule has 1 aromatic heterocycles. The zero-order valence-electron chi connectivity index (χ0n) is 11.0. The summed E-state index contributed by atoms with van der Waals surface area (Å²) in [6.45, 7) is 1.86. The molecule has 1 atom stereocenters. The number of aryl methyl sites for hydroxylation is 2. The minimum absolute atomic E-state index is 0. The number of carbonyl (C=O) groups excluding carboxylic acids is 1. The SMILES string of the molecule is Cl.O=C(NCC1CCCN1)c1cc2c(s1)CCCC2. The zero-order chi connectivity index (χ0) is 12.4. The average molecular weight is 301 g/mol. The first-order valence-corrected chi connectivity index (χ1v) is 7.78. The minimum Gasteiger partial charge on any atom is -0.350 e. The van der Waals surface area contributed by atoms with Gasteiger partial charge in [0.1, 0.15) is 0 Å². The van der Waals surface area contributed by atoms with Crippen molar-refractivity contribution < 1.29 is 4.79 Å². The molecule has 1 aromatic rings. The number of hydrogen-bond acceptors (Lipinski definition) is 3. The fraction of sp³-hybridized carbons (Fsp3) is 0.643. The molecule has 19 heavy (non-hydrogen) atoms. The van der Waals surface area contributed by atoms with Crippen molar-refractivity contribution in [1.82, 2.24) is 10.6 Å². The summed E-state index contributed by atoms with van der Waals surface area (Å²) in [7, 11) is 0. The highest BCUT2D eigenvalue weighted by molar-refractivity contribution is 7.14. The zero-order valence-corrected chi connectivity index (χ0v) is 12.7. The first-order chi connectivity index (χ1) is 8.83. The van der Waals surface area contributed by atoms with Gasteiger partial charge in [-0.1, -0.05) is 0 Å². The van der Waals surface area contributed by atoms with Crippen LogP contribution in [0.2, 0.25) is 0 Å². The Morgan fingerprint density at radius 1 is 1.37 bits per heavy atom. The lowest BCUT2D eigenvalue weighted by molar-refractivity contribution is 0.0954. The Morgan fingerprint density at radius 3 is 2.95 bits per heavy atom. The van der Waals surface area contributed by atoms with Gasteiger partial charge in [-0.05, 0) is 56.7 Å². The van der Waals surface area contributed by atoms with E-state index in [1.807, 2.05) is 0 Å². The molecule has 1 saturated heterocycles. The van der Waals surface area contributed by atoms with Gasteiger partial charge in [0.15, 0.2) is 0 Å². The van der Waals surface area contributed by atoms with Gasteiger partial charge >= 0.3 is 0 Å². The van der Waals surface area contributed by atoms with Crippen LogP contribution in [0.5, 0.6) is 0 Å². The molecule has 3 nitrogen and oxygen atoms in total. The number of rotatable bonds is 3. The van der Waals surface area contributed by atoms with Crippen LogP contribution in [0.1, 0.15) is 45.8 Å². The van der Waals surface area contributed by atoms with Crippen molar-refractivity contribution in [3.05, 3.63) is 21.4 Å². The Morgan fingerprint density at radius 2 is 2.21 bits per heavy atom. The molecule has 1 aliphatic heterocycles. The van der Waals surface area contributed by atoms with Gasteiger partial charge in [-0.25, -0.2) is 0 Å². The summed E-state index contributed by atoms with van der Waals surface area (Å²) in [6, 6.07) is 2.58. The van der Waals surface area contributed by atoms with Crippen molar-refractivity contribution in [3.8, 4) is 0 Å². The predicted octanol–water partition coefficient (Wildman–Crippen LogP) is 2.53. The van der Waals surface area contributed by atoms with E-state index in [1.54, 1.807) is 11.3 Å². The molecular formula is C14H21ClN2OS. The van der Waals surface area contributed by atoms with E-state index in [0.717, 1.165) is 30.8 Å². The van der Waals surface area contributed by atoms with Crippen LogP contribution in [-0.2, 0) is 12.8 Å². The third kappa shape index (κ3) is 3.50. The van der Waals surface area contributed by atoms with Gasteiger partial charge in [-0.15, -0.1) is 23.7 Å². The van der Waals surface area contributed by atoms with E-state index in [-0.39, 0.29) is 18.3 Å². The minimum atomic E-state index is 0. The number of hydrogen-bond donors (Lipinski definition) is 2. The molecule has 0 spiro atoms.